The molecule has 7 nitrogen and oxygen atoms in total. The van der Waals surface area contributed by atoms with E-state index in [1.54, 1.807) is 23.1 Å². The maximum Gasteiger partial charge on any atom is 0.288 e. The first-order valence-corrected chi connectivity index (χ1v) is 6.84. The zero-order valence-electron chi connectivity index (χ0n) is 11.8. The van der Waals surface area contributed by atoms with Crippen molar-refractivity contribution in [1.82, 2.24) is 20.7 Å². The van der Waals surface area contributed by atoms with Gasteiger partial charge >= 0.3 is 0 Å². The van der Waals surface area contributed by atoms with Gasteiger partial charge in [0, 0.05) is 26.2 Å². The van der Waals surface area contributed by atoms with Crippen molar-refractivity contribution < 1.29 is 14.4 Å². The molecule has 112 valence electrons. The van der Waals surface area contributed by atoms with Crippen LogP contribution in [0.4, 0.5) is 0 Å². The molecule has 0 bridgehead atoms. The summed E-state index contributed by atoms with van der Waals surface area (Å²) in [6, 6.07) is 4.95. The summed E-state index contributed by atoms with van der Waals surface area (Å²) in [6.07, 6.45) is 2.99. The van der Waals surface area contributed by atoms with Crippen molar-refractivity contribution in [1.29, 1.82) is 0 Å². The van der Waals surface area contributed by atoms with Crippen LogP contribution in [0.1, 0.15) is 30.3 Å². The first kappa shape index (κ1) is 15.0. The topological polar surface area (TPSA) is 91.4 Å². The number of carbonyl (C=O) groups is 3. The second-order valence-electron chi connectivity index (χ2n) is 4.96. The molecule has 0 radical (unpaired) electrons. The summed E-state index contributed by atoms with van der Waals surface area (Å²) >= 11 is 0. The highest BCUT2D eigenvalue weighted by Crippen LogP contribution is 2.16. The third kappa shape index (κ3) is 4.01. The van der Waals surface area contributed by atoms with E-state index < -0.39 is 5.91 Å². The Morgan fingerprint density at radius 1 is 1.29 bits per heavy atom. The van der Waals surface area contributed by atoms with Crippen molar-refractivity contribution in [3.63, 3.8) is 0 Å². The Kier molecular flexibility index (Phi) is 4.86. The predicted molar refractivity (Wildman–Crippen MR) is 74.8 cm³/mol. The Hall–Kier alpha value is -2.44. The summed E-state index contributed by atoms with van der Waals surface area (Å²) in [5.41, 5.74) is 4.96. The molecule has 1 aromatic rings. The Morgan fingerprint density at radius 2 is 2.10 bits per heavy atom. The Morgan fingerprint density at radius 3 is 2.76 bits per heavy atom. The van der Waals surface area contributed by atoms with Crippen LogP contribution in [0.25, 0.3) is 0 Å². The van der Waals surface area contributed by atoms with Gasteiger partial charge in [-0.05, 0) is 25.0 Å². The van der Waals surface area contributed by atoms with E-state index in [9.17, 15) is 14.4 Å². The highest BCUT2D eigenvalue weighted by Gasteiger charge is 2.27. The SMILES string of the molecule is CC(=O)N1CCC[C@H](C(=O)NNC(=O)c2ccccn2)C1. The number of nitrogens with one attached hydrogen (secondary N) is 2. The van der Waals surface area contributed by atoms with Gasteiger partial charge in [-0.1, -0.05) is 6.07 Å². The molecule has 2 N–H and O–H groups in total. The lowest BCUT2D eigenvalue weighted by Crippen LogP contribution is -2.49. The minimum atomic E-state index is -0.469. The molecule has 2 rings (SSSR count). The van der Waals surface area contributed by atoms with Gasteiger partial charge in [0.1, 0.15) is 5.69 Å². The maximum absolute atomic E-state index is 12.0. The number of hydrazine groups is 1. The summed E-state index contributed by atoms with van der Waals surface area (Å²) in [6.45, 7) is 2.56. The minimum Gasteiger partial charge on any atom is -0.342 e. The quantitative estimate of drug-likeness (QED) is 0.756. The molecule has 1 atom stereocenters. The molecule has 0 aliphatic carbocycles. The van der Waals surface area contributed by atoms with Crippen molar-refractivity contribution >= 4 is 17.7 Å². The van der Waals surface area contributed by atoms with E-state index in [0.717, 1.165) is 6.42 Å². The molecule has 0 aromatic carbocycles. The largest absolute Gasteiger partial charge is 0.342 e. The minimum absolute atomic E-state index is 0.0370. The van der Waals surface area contributed by atoms with E-state index in [1.807, 2.05) is 0 Å². The zero-order chi connectivity index (χ0) is 15.2. The summed E-state index contributed by atoms with van der Waals surface area (Å²) in [5, 5.41) is 0. The van der Waals surface area contributed by atoms with Crippen LogP contribution in [0.2, 0.25) is 0 Å². The summed E-state index contributed by atoms with van der Waals surface area (Å²) in [4.78, 5) is 40.6. The number of pyridine rings is 1. The third-order valence-corrected chi connectivity index (χ3v) is 3.43. The van der Waals surface area contributed by atoms with Crippen molar-refractivity contribution in [2.45, 2.75) is 19.8 Å². The van der Waals surface area contributed by atoms with E-state index in [0.29, 0.717) is 19.5 Å². The van der Waals surface area contributed by atoms with E-state index in [1.165, 1.54) is 13.1 Å². The molecule has 0 saturated carbocycles. The number of carbonyl (C=O) groups excluding carboxylic acids is 3. The smallest absolute Gasteiger partial charge is 0.288 e. The molecule has 1 fully saturated rings. The lowest BCUT2D eigenvalue weighted by atomic mass is 9.97. The molecule has 0 unspecified atom stereocenters. The van der Waals surface area contributed by atoms with Crippen molar-refractivity contribution in [3.8, 4) is 0 Å². The molecular weight excluding hydrogens is 272 g/mol. The zero-order valence-corrected chi connectivity index (χ0v) is 11.8. The average Bonchev–Trinajstić information content (AvgIpc) is 2.53. The Labute approximate surface area is 122 Å². The van der Waals surface area contributed by atoms with E-state index >= 15 is 0 Å². The molecular formula is C14H18N4O3. The van der Waals surface area contributed by atoms with Crippen molar-refractivity contribution in [3.05, 3.63) is 30.1 Å². The van der Waals surface area contributed by atoms with Gasteiger partial charge in [0.05, 0.1) is 5.92 Å². The number of amides is 3. The van der Waals surface area contributed by atoms with Gasteiger partial charge in [-0.25, -0.2) is 0 Å². The van der Waals surface area contributed by atoms with Crippen LogP contribution in [-0.4, -0.2) is 40.7 Å². The second-order valence-corrected chi connectivity index (χ2v) is 4.96. The molecule has 1 aromatic heterocycles. The lowest BCUT2D eigenvalue weighted by molar-refractivity contribution is -0.134. The van der Waals surface area contributed by atoms with Crippen molar-refractivity contribution in [2.75, 3.05) is 13.1 Å². The fourth-order valence-electron chi connectivity index (χ4n) is 2.26. The summed E-state index contributed by atoms with van der Waals surface area (Å²) in [5.74, 6) is -1.09. The van der Waals surface area contributed by atoms with Gasteiger partial charge in [0.15, 0.2) is 0 Å². The standard InChI is InChI=1S/C14H18N4O3/c1-10(19)18-8-4-5-11(9-18)13(20)16-17-14(21)12-6-2-3-7-15-12/h2-3,6-7,11H,4-5,8-9H2,1H3,(H,16,20)(H,17,21)/t11-/m0/s1. The van der Waals surface area contributed by atoms with Crippen LogP contribution in [0.5, 0.6) is 0 Å². The van der Waals surface area contributed by atoms with Gasteiger partial charge in [-0.3, -0.25) is 30.2 Å². The van der Waals surface area contributed by atoms with Gasteiger partial charge in [-0.2, -0.15) is 0 Å². The number of likely N-dealkylation sites (tertiary alicyclic amines) is 1. The molecule has 1 aliphatic heterocycles. The summed E-state index contributed by atoms with van der Waals surface area (Å²) < 4.78 is 0. The number of hydrogen-bond acceptors (Lipinski definition) is 4. The van der Waals surface area contributed by atoms with E-state index in [2.05, 4.69) is 15.8 Å². The molecule has 3 amide bonds. The van der Waals surface area contributed by atoms with E-state index in [-0.39, 0.29) is 23.4 Å². The van der Waals surface area contributed by atoms with Gasteiger partial charge < -0.3 is 4.90 Å². The van der Waals surface area contributed by atoms with Gasteiger partial charge in [0.25, 0.3) is 5.91 Å². The van der Waals surface area contributed by atoms with Crippen LogP contribution in [0.3, 0.4) is 0 Å². The predicted octanol–water partition coefficient (Wildman–Crippen LogP) is 0.101. The lowest BCUT2D eigenvalue weighted by Gasteiger charge is -2.31. The first-order chi connectivity index (χ1) is 10.1. The number of rotatable bonds is 2. The maximum atomic E-state index is 12.0. The Balaban J connectivity index is 1.84. The average molecular weight is 290 g/mol. The van der Waals surface area contributed by atoms with Crippen LogP contribution >= 0.6 is 0 Å². The number of hydrogen-bond donors (Lipinski definition) is 2. The van der Waals surface area contributed by atoms with Crippen LogP contribution in [0, 0.1) is 5.92 Å². The normalized spacial score (nSPS) is 18.0. The van der Waals surface area contributed by atoms with Crippen LogP contribution in [-0.2, 0) is 9.59 Å². The summed E-state index contributed by atoms with van der Waals surface area (Å²) in [7, 11) is 0. The van der Waals surface area contributed by atoms with Gasteiger partial charge in [-0.15, -0.1) is 0 Å². The molecule has 0 spiro atoms. The van der Waals surface area contributed by atoms with Crippen LogP contribution < -0.4 is 10.9 Å². The number of nitrogens with zero attached hydrogens (tertiary/aromatic N) is 2. The highest BCUT2D eigenvalue weighted by atomic mass is 16.2. The molecule has 21 heavy (non-hydrogen) atoms. The Bertz CT molecular complexity index is 532. The van der Waals surface area contributed by atoms with E-state index in [4.69, 9.17) is 0 Å². The number of piperidine rings is 1. The molecule has 2 heterocycles. The molecule has 7 heteroatoms. The van der Waals surface area contributed by atoms with Crippen LogP contribution in [0.15, 0.2) is 24.4 Å². The first-order valence-electron chi connectivity index (χ1n) is 6.84. The fraction of sp³-hybridized carbons (Fsp3) is 0.429. The fourth-order valence-corrected chi connectivity index (χ4v) is 2.26. The molecule has 1 aliphatic rings. The second kappa shape index (κ2) is 6.83. The monoisotopic (exact) mass is 290 g/mol. The highest BCUT2D eigenvalue weighted by molar-refractivity contribution is 5.93. The number of aromatic nitrogens is 1. The van der Waals surface area contributed by atoms with Gasteiger partial charge in [0.2, 0.25) is 11.8 Å². The molecule has 1 saturated heterocycles. The van der Waals surface area contributed by atoms with Crippen molar-refractivity contribution in [2.24, 2.45) is 5.92 Å². The third-order valence-electron chi connectivity index (χ3n) is 3.43.